The maximum absolute atomic E-state index is 11.7. The molecule has 0 spiro atoms. The van der Waals surface area contributed by atoms with Gasteiger partial charge in [-0.25, -0.2) is 0 Å². The van der Waals surface area contributed by atoms with Gasteiger partial charge in [0.2, 0.25) is 5.91 Å². The lowest BCUT2D eigenvalue weighted by Crippen LogP contribution is -2.24. The Morgan fingerprint density at radius 3 is 2.82 bits per heavy atom. The Bertz CT molecular complexity index is 494. The van der Waals surface area contributed by atoms with Crippen molar-refractivity contribution in [2.75, 3.05) is 0 Å². The number of benzene rings is 1. The quantitative estimate of drug-likeness (QED) is 0.942. The van der Waals surface area contributed by atoms with E-state index in [2.05, 4.69) is 21.2 Å². The highest BCUT2D eigenvalue weighted by Gasteiger charge is 2.06. The number of hydrogen-bond donors (Lipinski definition) is 1. The molecule has 0 fully saturated rings. The van der Waals surface area contributed by atoms with Crippen LogP contribution in [0.1, 0.15) is 11.1 Å². The number of hydrogen-bond acceptors (Lipinski definition) is 2. The summed E-state index contributed by atoms with van der Waals surface area (Å²) in [5, 5.41) is 2.84. The lowest BCUT2D eigenvalue weighted by molar-refractivity contribution is -0.120. The summed E-state index contributed by atoms with van der Waals surface area (Å²) in [4.78, 5) is 11.7. The van der Waals surface area contributed by atoms with Crippen molar-refractivity contribution < 1.29 is 9.21 Å². The predicted molar refractivity (Wildman–Crippen MR) is 68.4 cm³/mol. The van der Waals surface area contributed by atoms with Gasteiger partial charge in [0.25, 0.3) is 0 Å². The Balaban J connectivity index is 1.87. The van der Waals surface area contributed by atoms with Crippen molar-refractivity contribution in [3.63, 3.8) is 0 Å². The standard InChI is InChI=1S/C13H12BrNO2/c14-12-4-2-1-3-11(12)7-13(16)15-8-10-5-6-17-9-10/h1-6,9H,7-8H2,(H,15,16). The van der Waals surface area contributed by atoms with Gasteiger partial charge in [0, 0.05) is 16.6 Å². The third-order valence-corrected chi connectivity index (χ3v) is 3.15. The highest BCUT2D eigenvalue weighted by atomic mass is 79.9. The van der Waals surface area contributed by atoms with Gasteiger partial charge < -0.3 is 9.73 Å². The predicted octanol–water partition coefficient (Wildman–Crippen LogP) is 2.90. The van der Waals surface area contributed by atoms with Crippen LogP contribution in [0.15, 0.2) is 51.7 Å². The van der Waals surface area contributed by atoms with Gasteiger partial charge in [-0.3, -0.25) is 4.79 Å². The summed E-state index contributed by atoms with van der Waals surface area (Å²) in [5.41, 5.74) is 1.95. The average Bonchev–Trinajstić information content (AvgIpc) is 2.82. The fourth-order valence-corrected chi connectivity index (χ4v) is 1.90. The van der Waals surface area contributed by atoms with E-state index in [-0.39, 0.29) is 5.91 Å². The fourth-order valence-electron chi connectivity index (χ4n) is 1.47. The minimum absolute atomic E-state index is 0.00176. The van der Waals surface area contributed by atoms with Crippen LogP contribution in [0.5, 0.6) is 0 Å². The molecule has 3 nitrogen and oxygen atoms in total. The van der Waals surface area contributed by atoms with E-state index >= 15 is 0 Å². The van der Waals surface area contributed by atoms with Crippen molar-refractivity contribution in [3.05, 3.63) is 58.5 Å². The van der Waals surface area contributed by atoms with Crippen molar-refractivity contribution in [2.24, 2.45) is 0 Å². The summed E-state index contributed by atoms with van der Waals surface area (Å²) in [6, 6.07) is 9.54. The van der Waals surface area contributed by atoms with Crippen LogP contribution in [-0.2, 0) is 17.8 Å². The fraction of sp³-hybridized carbons (Fsp3) is 0.154. The molecule has 88 valence electrons. The molecule has 1 aromatic carbocycles. The summed E-state index contributed by atoms with van der Waals surface area (Å²) in [6.45, 7) is 0.500. The topological polar surface area (TPSA) is 42.2 Å². The number of furan rings is 1. The number of halogens is 1. The minimum Gasteiger partial charge on any atom is -0.472 e. The van der Waals surface area contributed by atoms with Crippen LogP contribution in [0.25, 0.3) is 0 Å². The van der Waals surface area contributed by atoms with Crippen molar-refractivity contribution in [1.82, 2.24) is 5.32 Å². The number of amides is 1. The molecule has 1 aromatic heterocycles. The normalized spacial score (nSPS) is 10.2. The van der Waals surface area contributed by atoms with Gasteiger partial charge in [0.05, 0.1) is 18.9 Å². The molecular weight excluding hydrogens is 282 g/mol. The van der Waals surface area contributed by atoms with E-state index in [9.17, 15) is 4.79 Å². The highest BCUT2D eigenvalue weighted by Crippen LogP contribution is 2.16. The first-order valence-corrected chi connectivity index (χ1v) is 6.06. The van der Waals surface area contributed by atoms with Crippen LogP contribution >= 0.6 is 15.9 Å². The Kier molecular flexibility index (Phi) is 3.98. The maximum Gasteiger partial charge on any atom is 0.224 e. The second kappa shape index (κ2) is 5.68. The summed E-state index contributed by atoms with van der Waals surface area (Å²) >= 11 is 3.42. The zero-order valence-electron chi connectivity index (χ0n) is 9.15. The van der Waals surface area contributed by atoms with Crippen LogP contribution in [0.4, 0.5) is 0 Å². The van der Waals surface area contributed by atoms with Crippen molar-refractivity contribution >= 4 is 21.8 Å². The van der Waals surface area contributed by atoms with Gasteiger partial charge in [-0.05, 0) is 17.7 Å². The van der Waals surface area contributed by atoms with E-state index in [1.54, 1.807) is 12.5 Å². The summed E-state index contributed by atoms with van der Waals surface area (Å²) in [5.74, 6) is -0.00176. The van der Waals surface area contributed by atoms with E-state index in [0.29, 0.717) is 13.0 Å². The first kappa shape index (κ1) is 11.9. The van der Waals surface area contributed by atoms with Gasteiger partial charge in [-0.1, -0.05) is 34.1 Å². The zero-order valence-corrected chi connectivity index (χ0v) is 10.7. The molecule has 2 aromatic rings. The third-order valence-electron chi connectivity index (χ3n) is 2.38. The minimum atomic E-state index is -0.00176. The second-order valence-corrected chi connectivity index (χ2v) is 4.53. The Morgan fingerprint density at radius 1 is 1.29 bits per heavy atom. The van der Waals surface area contributed by atoms with E-state index in [1.165, 1.54) is 0 Å². The SMILES string of the molecule is O=C(Cc1ccccc1Br)NCc1ccoc1. The summed E-state index contributed by atoms with van der Waals surface area (Å²) < 4.78 is 5.88. The lowest BCUT2D eigenvalue weighted by Gasteiger charge is -2.05. The van der Waals surface area contributed by atoms with E-state index in [4.69, 9.17) is 4.42 Å². The molecule has 0 aliphatic rings. The molecular formula is C13H12BrNO2. The maximum atomic E-state index is 11.7. The first-order valence-electron chi connectivity index (χ1n) is 5.27. The van der Waals surface area contributed by atoms with Crippen LogP contribution in [0, 0.1) is 0 Å². The molecule has 1 heterocycles. The van der Waals surface area contributed by atoms with Gasteiger partial charge in [-0.15, -0.1) is 0 Å². The molecule has 0 aliphatic carbocycles. The van der Waals surface area contributed by atoms with Crippen LogP contribution < -0.4 is 5.32 Å². The molecule has 0 unspecified atom stereocenters. The third kappa shape index (κ3) is 3.46. The molecule has 0 atom stereocenters. The molecule has 0 saturated heterocycles. The van der Waals surface area contributed by atoms with E-state index in [0.717, 1.165) is 15.6 Å². The van der Waals surface area contributed by atoms with Crippen molar-refractivity contribution in [2.45, 2.75) is 13.0 Å². The number of carbonyl (C=O) groups excluding carboxylic acids is 1. The summed E-state index contributed by atoms with van der Waals surface area (Å²) in [6.07, 6.45) is 3.59. The van der Waals surface area contributed by atoms with Gasteiger partial charge in [-0.2, -0.15) is 0 Å². The zero-order chi connectivity index (χ0) is 12.1. The molecule has 1 N–H and O–H groups in total. The smallest absolute Gasteiger partial charge is 0.224 e. The highest BCUT2D eigenvalue weighted by molar-refractivity contribution is 9.10. The molecule has 2 rings (SSSR count). The van der Waals surface area contributed by atoms with Gasteiger partial charge in [0.15, 0.2) is 0 Å². The number of rotatable bonds is 4. The van der Waals surface area contributed by atoms with Crippen LogP contribution in [-0.4, -0.2) is 5.91 Å². The van der Waals surface area contributed by atoms with Gasteiger partial charge >= 0.3 is 0 Å². The van der Waals surface area contributed by atoms with Gasteiger partial charge in [0.1, 0.15) is 0 Å². The Labute approximate surface area is 108 Å². The monoisotopic (exact) mass is 293 g/mol. The van der Waals surface area contributed by atoms with Crippen LogP contribution in [0.3, 0.4) is 0 Å². The largest absolute Gasteiger partial charge is 0.472 e. The molecule has 0 radical (unpaired) electrons. The lowest BCUT2D eigenvalue weighted by atomic mass is 10.1. The molecule has 0 bridgehead atoms. The van der Waals surface area contributed by atoms with Crippen molar-refractivity contribution in [3.8, 4) is 0 Å². The second-order valence-electron chi connectivity index (χ2n) is 3.68. The molecule has 1 amide bonds. The van der Waals surface area contributed by atoms with E-state index < -0.39 is 0 Å². The molecule has 4 heteroatoms. The van der Waals surface area contributed by atoms with Crippen molar-refractivity contribution in [1.29, 1.82) is 0 Å². The number of carbonyl (C=O) groups is 1. The summed E-state index contributed by atoms with van der Waals surface area (Å²) in [7, 11) is 0. The number of nitrogens with one attached hydrogen (secondary N) is 1. The Hall–Kier alpha value is -1.55. The molecule has 0 saturated carbocycles. The Morgan fingerprint density at radius 2 is 2.12 bits per heavy atom. The average molecular weight is 294 g/mol. The first-order chi connectivity index (χ1) is 8.25. The molecule has 17 heavy (non-hydrogen) atoms. The molecule has 0 aliphatic heterocycles. The van der Waals surface area contributed by atoms with E-state index in [1.807, 2.05) is 30.3 Å². The van der Waals surface area contributed by atoms with Crippen LogP contribution in [0.2, 0.25) is 0 Å².